The Kier molecular flexibility index (Phi) is 6.21. The van der Waals surface area contributed by atoms with Crippen molar-refractivity contribution >= 4 is 21.4 Å². The van der Waals surface area contributed by atoms with E-state index < -0.39 is 32.7 Å². The lowest BCUT2D eigenvalue weighted by Gasteiger charge is -2.37. The molecule has 146 valence electrons. The van der Waals surface area contributed by atoms with Crippen molar-refractivity contribution in [1.82, 2.24) is 4.90 Å². The van der Waals surface area contributed by atoms with Gasteiger partial charge in [0.1, 0.15) is 5.25 Å². The quantitative estimate of drug-likeness (QED) is 0.773. The third-order valence-corrected chi connectivity index (χ3v) is 6.76. The smallest absolute Gasteiger partial charge is 0.368 e. The predicted molar refractivity (Wildman–Crippen MR) is 93.8 cm³/mol. The number of nitrogens with zero attached hydrogens (tertiary/aromatic N) is 2. The average Bonchev–Trinajstić information content (AvgIpc) is 2.60. The molecule has 0 radical (unpaired) electrons. The maximum atomic E-state index is 12.8. The lowest BCUT2D eigenvalue weighted by Crippen LogP contribution is -2.52. The number of rotatable bonds is 5. The van der Waals surface area contributed by atoms with Crippen LogP contribution in [0.3, 0.4) is 0 Å². The summed E-state index contributed by atoms with van der Waals surface area (Å²) in [6.07, 6.45) is -3.96. The molecule has 26 heavy (non-hydrogen) atoms. The zero-order valence-corrected chi connectivity index (χ0v) is 15.6. The molecule has 0 aromatic heterocycles. The second-order valence-electron chi connectivity index (χ2n) is 6.37. The number of piperazine rings is 1. The first-order chi connectivity index (χ1) is 12.1. The number of hydrogen-bond acceptors (Lipinski definition) is 4. The number of amides is 1. The highest BCUT2D eigenvalue weighted by Crippen LogP contribution is 2.31. The molecule has 0 saturated carbocycles. The molecular formula is C17H23F3N2O3S. The van der Waals surface area contributed by atoms with E-state index >= 15 is 0 Å². The number of halogens is 3. The topological polar surface area (TPSA) is 57.7 Å². The van der Waals surface area contributed by atoms with Gasteiger partial charge in [-0.05, 0) is 31.5 Å². The Hall–Kier alpha value is -1.77. The van der Waals surface area contributed by atoms with Crippen LogP contribution in [-0.4, -0.2) is 56.4 Å². The van der Waals surface area contributed by atoms with Crippen molar-refractivity contribution in [3.8, 4) is 0 Å². The minimum atomic E-state index is -4.41. The molecule has 0 aliphatic carbocycles. The van der Waals surface area contributed by atoms with Gasteiger partial charge in [0.2, 0.25) is 5.91 Å². The summed E-state index contributed by atoms with van der Waals surface area (Å²) in [5, 5.41) is -1.09. The molecule has 1 aromatic rings. The van der Waals surface area contributed by atoms with E-state index in [0.29, 0.717) is 25.2 Å². The molecule has 0 unspecified atom stereocenters. The van der Waals surface area contributed by atoms with Crippen LogP contribution >= 0.6 is 0 Å². The molecule has 1 aromatic carbocycles. The van der Waals surface area contributed by atoms with Crippen LogP contribution < -0.4 is 4.90 Å². The van der Waals surface area contributed by atoms with Crippen molar-refractivity contribution in [3.05, 3.63) is 29.8 Å². The molecule has 2 rings (SSSR count). The van der Waals surface area contributed by atoms with Crippen molar-refractivity contribution in [2.24, 2.45) is 0 Å². The highest BCUT2D eigenvalue weighted by molar-refractivity contribution is 7.92. The summed E-state index contributed by atoms with van der Waals surface area (Å²) in [5.74, 6) is -0.480. The van der Waals surface area contributed by atoms with Gasteiger partial charge in [-0.15, -0.1) is 0 Å². The van der Waals surface area contributed by atoms with Crippen molar-refractivity contribution in [3.63, 3.8) is 0 Å². The van der Waals surface area contributed by atoms with E-state index in [2.05, 4.69) is 0 Å². The minimum Gasteiger partial charge on any atom is -0.368 e. The number of benzene rings is 1. The van der Waals surface area contributed by atoms with Crippen molar-refractivity contribution in [2.75, 3.05) is 36.8 Å². The third-order valence-electron chi connectivity index (χ3n) is 4.51. The van der Waals surface area contributed by atoms with Crippen LogP contribution in [0.1, 0.15) is 25.8 Å². The highest BCUT2D eigenvalue weighted by Gasteiger charge is 2.33. The molecule has 9 heteroatoms. The van der Waals surface area contributed by atoms with Gasteiger partial charge >= 0.3 is 6.18 Å². The summed E-state index contributed by atoms with van der Waals surface area (Å²) in [6.45, 7) is 4.40. The number of anilines is 1. The van der Waals surface area contributed by atoms with Crippen molar-refractivity contribution in [2.45, 2.75) is 31.7 Å². The van der Waals surface area contributed by atoms with Gasteiger partial charge in [0.05, 0.1) is 11.3 Å². The fraction of sp³-hybridized carbons (Fsp3) is 0.588. The first-order valence-corrected chi connectivity index (χ1v) is 10.2. The van der Waals surface area contributed by atoms with E-state index in [1.54, 1.807) is 17.9 Å². The second kappa shape index (κ2) is 7.85. The molecule has 1 aliphatic rings. The van der Waals surface area contributed by atoms with Crippen molar-refractivity contribution in [1.29, 1.82) is 0 Å². The maximum absolute atomic E-state index is 12.8. The monoisotopic (exact) mass is 392 g/mol. The largest absolute Gasteiger partial charge is 0.416 e. The number of carbonyl (C=O) groups is 1. The lowest BCUT2D eigenvalue weighted by molar-refractivity contribution is -0.137. The summed E-state index contributed by atoms with van der Waals surface area (Å²) in [5.41, 5.74) is -0.272. The van der Waals surface area contributed by atoms with Gasteiger partial charge in [-0.1, -0.05) is 13.0 Å². The molecule has 1 saturated heterocycles. The van der Waals surface area contributed by atoms with Gasteiger partial charge in [0, 0.05) is 31.9 Å². The molecule has 1 atom stereocenters. The Balaban J connectivity index is 2.02. The van der Waals surface area contributed by atoms with Crippen LogP contribution in [-0.2, 0) is 20.8 Å². The summed E-state index contributed by atoms with van der Waals surface area (Å²) in [7, 11) is -3.48. The van der Waals surface area contributed by atoms with Crippen LogP contribution in [0.4, 0.5) is 18.9 Å². The Morgan fingerprint density at radius 2 is 1.81 bits per heavy atom. The van der Waals surface area contributed by atoms with E-state index in [1.165, 1.54) is 17.9 Å². The van der Waals surface area contributed by atoms with Gasteiger partial charge in [-0.3, -0.25) is 4.79 Å². The number of alkyl halides is 3. The van der Waals surface area contributed by atoms with E-state index in [9.17, 15) is 26.4 Å². The Bertz CT molecular complexity index is 742. The van der Waals surface area contributed by atoms with E-state index in [1.807, 2.05) is 0 Å². The summed E-state index contributed by atoms with van der Waals surface area (Å²) >= 11 is 0. The van der Waals surface area contributed by atoms with Gasteiger partial charge < -0.3 is 9.80 Å². The van der Waals surface area contributed by atoms with Crippen LogP contribution in [0.25, 0.3) is 0 Å². The standard InChI is InChI=1S/C17H23F3N2O3S/c1-3-11-26(24,25)13(2)16(23)22-9-7-21(8-10-22)15-6-4-5-14(12-15)17(18,19)20/h4-6,12-13H,3,7-11H2,1-2H3/t13-/m0/s1. The summed E-state index contributed by atoms with van der Waals surface area (Å²) in [6, 6.07) is 5.06. The van der Waals surface area contributed by atoms with Crippen LogP contribution in [0.2, 0.25) is 0 Å². The molecule has 1 aliphatic heterocycles. The van der Waals surface area contributed by atoms with Crippen molar-refractivity contribution < 1.29 is 26.4 Å². The van der Waals surface area contributed by atoms with Crippen LogP contribution in [0, 0.1) is 0 Å². The van der Waals surface area contributed by atoms with Gasteiger partial charge in [0.25, 0.3) is 0 Å². The SMILES string of the molecule is CCCS(=O)(=O)[C@@H](C)C(=O)N1CCN(c2cccc(C(F)(F)F)c2)CC1. The Morgan fingerprint density at radius 1 is 1.19 bits per heavy atom. The van der Waals surface area contributed by atoms with E-state index in [0.717, 1.165) is 12.1 Å². The molecule has 1 fully saturated rings. The fourth-order valence-corrected chi connectivity index (χ4v) is 4.31. The minimum absolute atomic E-state index is 0.0376. The molecule has 0 spiro atoms. The number of carbonyl (C=O) groups excluding carboxylic acids is 1. The number of sulfone groups is 1. The normalized spacial score (nSPS) is 17.3. The highest BCUT2D eigenvalue weighted by atomic mass is 32.2. The third kappa shape index (κ3) is 4.69. The molecule has 5 nitrogen and oxygen atoms in total. The molecule has 1 heterocycles. The predicted octanol–water partition coefficient (Wildman–Crippen LogP) is 2.57. The van der Waals surface area contributed by atoms with Crippen LogP contribution in [0.5, 0.6) is 0 Å². The zero-order valence-electron chi connectivity index (χ0n) is 14.8. The zero-order chi connectivity index (χ0) is 19.5. The van der Waals surface area contributed by atoms with Gasteiger partial charge in [-0.2, -0.15) is 13.2 Å². The second-order valence-corrected chi connectivity index (χ2v) is 8.81. The van der Waals surface area contributed by atoms with E-state index in [-0.39, 0.29) is 18.8 Å². The van der Waals surface area contributed by atoms with Gasteiger partial charge in [-0.25, -0.2) is 8.42 Å². The molecule has 0 N–H and O–H groups in total. The summed E-state index contributed by atoms with van der Waals surface area (Å²) in [4.78, 5) is 15.7. The first-order valence-electron chi connectivity index (χ1n) is 8.49. The van der Waals surface area contributed by atoms with E-state index in [4.69, 9.17) is 0 Å². The Morgan fingerprint density at radius 3 is 2.35 bits per heavy atom. The molecular weight excluding hydrogens is 369 g/mol. The molecule has 0 bridgehead atoms. The number of hydrogen-bond donors (Lipinski definition) is 0. The Labute approximate surface area is 151 Å². The summed E-state index contributed by atoms with van der Waals surface area (Å²) < 4.78 is 62.6. The lowest BCUT2D eigenvalue weighted by atomic mass is 10.1. The van der Waals surface area contributed by atoms with Crippen LogP contribution in [0.15, 0.2) is 24.3 Å². The van der Waals surface area contributed by atoms with Gasteiger partial charge in [0.15, 0.2) is 9.84 Å². The maximum Gasteiger partial charge on any atom is 0.416 e. The first kappa shape index (κ1) is 20.5. The average molecular weight is 392 g/mol. The molecule has 1 amide bonds. The fourth-order valence-electron chi connectivity index (χ4n) is 2.94.